The Kier molecular flexibility index (Phi) is 9.57. The van der Waals surface area contributed by atoms with Gasteiger partial charge in [-0.3, -0.25) is 0 Å². The second kappa shape index (κ2) is 14.7. The maximum atomic E-state index is 5.12. The van der Waals surface area contributed by atoms with E-state index in [0.29, 0.717) is 17.5 Å². The second-order valence-electron chi connectivity index (χ2n) is 18.6. The van der Waals surface area contributed by atoms with Crippen molar-refractivity contribution in [3.63, 3.8) is 0 Å². The molecule has 0 saturated carbocycles. The van der Waals surface area contributed by atoms with Crippen molar-refractivity contribution in [1.29, 1.82) is 0 Å². The zero-order valence-electron chi connectivity index (χ0n) is 35.4. The Morgan fingerprint density at radius 2 is 0.678 bits per heavy atom. The average Bonchev–Trinajstić information content (AvgIpc) is 3.48. The molecule has 0 spiro atoms. The van der Waals surface area contributed by atoms with E-state index in [-0.39, 0.29) is 5.41 Å². The fraction of sp³-hybridized carbons (Fsp3) is 0.167. The van der Waals surface area contributed by atoms with Crippen molar-refractivity contribution in [3.8, 4) is 78.7 Å². The van der Waals surface area contributed by atoms with Gasteiger partial charge in [0.25, 0.3) is 0 Å². The first kappa shape index (κ1) is 38.5. The number of nitrogens with zero attached hydrogens (tertiary/aromatic N) is 3. The molecule has 59 heavy (non-hydrogen) atoms. The molecule has 0 saturated heterocycles. The predicted octanol–water partition coefficient (Wildman–Crippen LogP) is 13.3. The van der Waals surface area contributed by atoms with Crippen LogP contribution >= 0.6 is 0 Å². The molecule has 0 aliphatic heterocycles. The summed E-state index contributed by atoms with van der Waals surface area (Å²) in [6.07, 6.45) is 0. The van der Waals surface area contributed by atoms with Crippen molar-refractivity contribution in [2.45, 2.75) is 58.5 Å². The zero-order valence-corrected chi connectivity index (χ0v) is 37.4. The molecular weight excluding hydrogens is 747 g/mol. The van der Waals surface area contributed by atoms with Crippen molar-refractivity contribution < 1.29 is 0 Å². The number of fused-ring (bicyclic) bond motifs is 3. The van der Waals surface area contributed by atoms with Gasteiger partial charge in [0.1, 0.15) is 0 Å². The Labute approximate surface area is 352 Å². The molecule has 1 aliphatic carbocycles. The van der Waals surface area contributed by atoms with E-state index in [0.717, 1.165) is 27.8 Å². The lowest BCUT2D eigenvalue weighted by Crippen LogP contribution is -2.37. The van der Waals surface area contributed by atoms with E-state index >= 15 is 0 Å². The summed E-state index contributed by atoms with van der Waals surface area (Å²) in [4.78, 5) is 15.3. The standard InChI is InChI=1S/C54H51N3Si2/c1-54(2)49-21-10-9-20-47(49)48-31-26-43(35-50(48)54)41-17-12-15-39(33-41)38-14-11-16-40(32-38)42-18-13-19-44(34-42)53-56-51(36-22-27-45(28-23-36)58(3,4)5)55-52(57-53)37-24-29-46(30-25-37)59(6,7)8/h9-35H,1-8H3. The molecule has 1 aliphatic rings. The smallest absolute Gasteiger partial charge is 0.164 e. The largest absolute Gasteiger partial charge is 0.208 e. The molecular formula is C54H51N3Si2. The van der Waals surface area contributed by atoms with Crippen LogP contribution in [0.3, 0.4) is 0 Å². The third kappa shape index (κ3) is 7.46. The van der Waals surface area contributed by atoms with Gasteiger partial charge in [0.2, 0.25) is 0 Å². The van der Waals surface area contributed by atoms with Crippen LogP contribution in [-0.2, 0) is 5.41 Å². The second-order valence-corrected chi connectivity index (χ2v) is 28.8. The summed E-state index contributed by atoms with van der Waals surface area (Å²) in [6, 6.07) is 59.9. The third-order valence-corrected chi connectivity index (χ3v) is 16.2. The van der Waals surface area contributed by atoms with Gasteiger partial charge in [0.05, 0.1) is 16.1 Å². The lowest BCUT2D eigenvalue weighted by atomic mass is 9.81. The Hall–Kier alpha value is -6.02. The van der Waals surface area contributed by atoms with Crippen molar-refractivity contribution in [1.82, 2.24) is 15.0 Å². The van der Waals surface area contributed by atoms with E-state index in [1.807, 2.05) is 0 Å². The molecule has 0 fully saturated rings. The van der Waals surface area contributed by atoms with E-state index in [1.165, 1.54) is 54.9 Å². The van der Waals surface area contributed by atoms with Crippen LogP contribution in [0.1, 0.15) is 25.0 Å². The molecule has 1 heterocycles. The molecule has 9 rings (SSSR count). The number of aromatic nitrogens is 3. The molecule has 0 N–H and O–H groups in total. The summed E-state index contributed by atoms with van der Waals surface area (Å²) in [5, 5.41) is 2.83. The van der Waals surface area contributed by atoms with Gasteiger partial charge in [-0.05, 0) is 79.9 Å². The highest BCUT2D eigenvalue weighted by molar-refractivity contribution is 6.89. The average molecular weight is 798 g/mol. The topological polar surface area (TPSA) is 38.7 Å². The van der Waals surface area contributed by atoms with Gasteiger partial charge in [0, 0.05) is 22.1 Å². The monoisotopic (exact) mass is 797 g/mol. The first-order valence-corrected chi connectivity index (χ1v) is 27.8. The van der Waals surface area contributed by atoms with Crippen molar-refractivity contribution in [3.05, 3.63) is 175 Å². The first-order valence-electron chi connectivity index (χ1n) is 20.8. The molecule has 5 heteroatoms. The molecule has 0 unspecified atom stereocenters. The van der Waals surface area contributed by atoms with Crippen LogP contribution in [0.5, 0.6) is 0 Å². The summed E-state index contributed by atoms with van der Waals surface area (Å²) in [5.41, 5.74) is 15.5. The summed E-state index contributed by atoms with van der Waals surface area (Å²) in [5.74, 6) is 2.04. The molecule has 3 nitrogen and oxygen atoms in total. The van der Waals surface area contributed by atoms with Crippen molar-refractivity contribution in [2.75, 3.05) is 0 Å². The van der Waals surface area contributed by atoms with E-state index in [9.17, 15) is 0 Å². The van der Waals surface area contributed by atoms with Crippen LogP contribution < -0.4 is 10.4 Å². The number of benzene rings is 7. The maximum Gasteiger partial charge on any atom is 0.164 e. The highest BCUT2D eigenvalue weighted by atomic mass is 28.3. The summed E-state index contributed by atoms with van der Waals surface area (Å²) >= 11 is 0. The Balaban J connectivity index is 1.06. The minimum absolute atomic E-state index is 0.0369. The number of hydrogen-bond donors (Lipinski definition) is 0. The van der Waals surface area contributed by atoms with E-state index in [2.05, 4.69) is 217 Å². The lowest BCUT2D eigenvalue weighted by molar-refractivity contribution is 0.660. The predicted molar refractivity (Wildman–Crippen MR) is 256 cm³/mol. The third-order valence-electron chi connectivity index (χ3n) is 12.1. The zero-order chi connectivity index (χ0) is 41.1. The summed E-state index contributed by atoms with van der Waals surface area (Å²) < 4.78 is 0. The van der Waals surface area contributed by atoms with Gasteiger partial charge in [0.15, 0.2) is 17.5 Å². The minimum Gasteiger partial charge on any atom is -0.208 e. The van der Waals surface area contributed by atoms with E-state index < -0.39 is 16.1 Å². The molecule has 0 radical (unpaired) electrons. The molecule has 290 valence electrons. The van der Waals surface area contributed by atoms with Gasteiger partial charge in [-0.15, -0.1) is 0 Å². The maximum absolute atomic E-state index is 5.12. The fourth-order valence-electron chi connectivity index (χ4n) is 8.48. The quantitative estimate of drug-likeness (QED) is 0.144. The van der Waals surface area contributed by atoms with E-state index in [4.69, 9.17) is 15.0 Å². The number of rotatable bonds is 8. The Morgan fingerprint density at radius 3 is 1.14 bits per heavy atom. The van der Waals surface area contributed by atoms with Gasteiger partial charge in [-0.2, -0.15) is 0 Å². The normalized spacial score (nSPS) is 13.2. The highest BCUT2D eigenvalue weighted by Gasteiger charge is 2.35. The van der Waals surface area contributed by atoms with Crippen molar-refractivity contribution in [2.24, 2.45) is 0 Å². The van der Waals surface area contributed by atoms with Crippen LogP contribution in [0.4, 0.5) is 0 Å². The molecule has 7 aromatic carbocycles. The van der Waals surface area contributed by atoms with Gasteiger partial charge >= 0.3 is 0 Å². The van der Waals surface area contributed by atoms with Crippen molar-refractivity contribution >= 4 is 26.5 Å². The lowest BCUT2D eigenvalue weighted by Gasteiger charge is -2.22. The van der Waals surface area contributed by atoms with Crippen LogP contribution in [-0.4, -0.2) is 31.1 Å². The summed E-state index contributed by atoms with van der Waals surface area (Å²) in [7, 11) is -2.91. The molecule has 0 bridgehead atoms. The van der Waals surface area contributed by atoms with Crippen LogP contribution in [0, 0.1) is 0 Å². The molecule has 0 atom stereocenters. The van der Waals surface area contributed by atoms with E-state index in [1.54, 1.807) is 0 Å². The Morgan fingerprint density at radius 1 is 0.322 bits per heavy atom. The minimum atomic E-state index is -1.46. The van der Waals surface area contributed by atoms with Gasteiger partial charge in [-0.25, -0.2) is 15.0 Å². The fourth-order valence-corrected chi connectivity index (χ4v) is 10.8. The number of hydrogen-bond acceptors (Lipinski definition) is 3. The first-order chi connectivity index (χ1) is 28.2. The summed E-state index contributed by atoms with van der Waals surface area (Å²) in [6.45, 7) is 18.9. The van der Waals surface area contributed by atoms with Gasteiger partial charge in [-0.1, -0.05) is 203 Å². The van der Waals surface area contributed by atoms with Crippen LogP contribution in [0.2, 0.25) is 39.3 Å². The Bertz CT molecular complexity index is 2790. The highest BCUT2D eigenvalue weighted by Crippen LogP contribution is 2.49. The SMILES string of the molecule is CC1(C)c2ccccc2-c2ccc(-c3cccc(-c4cccc(-c5cccc(-c6nc(-c7ccc([Si](C)(C)C)cc7)nc(-c7ccc([Si](C)(C)C)cc7)n6)c5)c4)c3)cc21. The molecule has 1 aromatic heterocycles. The van der Waals surface area contributed by atoms with Crippen LogP contribution in [0.25, 0.3) is 78.7 Å². The van der Waals surface area contributed by atoms with Crippen LogP contribution in [0.15, 0.2) is 164 Å². The van der Waals surface area contributed by atoms with Gasteiger partial charge < -0.3 is 0 Å². The molecule has 0 amide bonds. The molecule has 8 aromatic rings.